The molecule has 3 N–H and O–H groups in total. The molecule has 0 atom stereocenters. The Morgan fingerprint density at radius 2 is 0.644 bits per heavy atom. The molecule has 0 amide bonds. The van der Waals surface area contributed by atoms with Gasteiger partial charge < -0.3 is 34.3 Å². The highest BCUT2D eigenvalue weighted by molar-refractivity contribution is 6.97. The van der Waals surface area contributed by atoms with E-state index >= 15 is 0 Å². The van der Waals surface area contributed by atoms with Crippen LogP contribution in [0.3, 0.4) is 0 Å². The molecule has 1 aliphatic heterocycles. The Bertz CT molecular complexity index is 2740. The van der Waals surface area contributed by atoms with Gasteiger partial charge >= 0.3 is 46.3 Å². The Balaban J connectivity index is 0.000000902. The van der Waals surface area contributed by atoms with Crippen molar-refractivity contribution < 1.29 is 77.4 Å². The predicted octanol–water partition coefficient (Wildman–Crippen LogP) is 10.0. The van der Waals surface area contributed by atoms with Crippen LogP contribution in [0.2, 0.25) is 0 Å². The average molecular weight is 1080 g/mol. The van der Waals surface area contributed by atoms with Crippen molar-refractivity contribution in [1.29, 1.82) is 0 Å². The molecule has 73 heavy (non-hydrogen) atoms. The molecule has 16 nitrogen and oxygen atoms in total. The summed E-state index contributed by atoms with van der Waals surface area (Å²) in [4.78, 5) is 99.7. The number of aliphatic hydroxyl groups is 2. The fourth-order valence-electron chi connectivity index (χ4n) is 7.83. The molecule has 0 aromatic heterocycles. The van der Waals surface area contributed by atoms with E-state index in [4.69, 9.17) is 26.2 Å². The first-order valence-corrected chi connectivity index (χ1v) is 23.1. The maximum atomic E-state index is 11.7. The molecule has 19 heteroatoms. The van der Waals surface area contributed by atoms with Crippen molar-refractivity contribution in [2.45, 2.75) is 117 Å². The van der Waals surface area contributed by atoms with Crippen LogP contribution in [-0.2, 0) is 35.1 Å². The van der Waals surface area contributed by atoms with Gasteiger partial charge in [-0.1, -0.05) is 0 Å². The van der Waals surface area contributed by atoms with Crippen LogP contribution in [0.5, 0.6) is 0 Å². The van der Waals surface area contributed by atoms with Crippen molar-refractivity contribution in [1.82, 2.24) is 0 Å². The molecule has 1 heterocycles. The van der Waals surface area contributed by atoms with E-state index in [-0.39, 0.29) is 34.8 Å². The summed E-state index contributed by atoms with van der Waals surface area (Å²) in [7, 11) is 4.89. The van der Waals surface area contributed by atoms with E-state index in [1.165, 1.54) is 21.3 Å². The highest BCUT2D eigenvalue weighted by Crippen LogP contribution is 2.33. The van der Waals surface area contributed by atoms with E-state index in [0.717, 1.165) is 85.0 Å². The molecule has 0 saturated carbocycles. The lowest BCUT2D eigenvalue weighted by atomic mass is 9.89. The number of hydrogen-bond donors (Lipinski definition) is 3. The fourth-order valence-corrected chi connectivity index (χ4v) is 8.06. The summed E-state index contributed by atoms with van der Waals surface area (Å²) in [6, 6.07) is 0. The number of carboxylic acid groups (broad SMARTS) is 1. The summed E-state index contributed by atoms with van der Waals surface area (Å²) in [5.41, 5.74) is 17.2. The molecule has 1 aliphatic rings. The highest BCUT2D eigenvalue weighted by atomic mass is 35.5. The summed E-state index contributed by atoms with van der Waals surface area (Å²) >= 11 is 14.5. The van der Waals surface area contributed by atoms with Gasteiger partial charge in [0, 0.05) is 7.11 Å². The monoisotopic (exact) mass is 1070 g/mol. The van der Waals surface area contributed by atoms with Crippen LogP contribution in [0.15, 0.2) is 0 Å². The molecule has 4 aromatic carbocycles. The summed E-state index contributed by atoms with van der Waals surface area (Å²) in [5.74, 6) is -3.65. The Labute approximate surface area is 441 Å². The third-order valence-electron chi connectivity index (χ3n) is 13.4. The predicted molar refractivity (Wildman–Crippen MR) is 278 cm³/mol. The lowest BCUT2D eigenvalue weighted by molar-refractivity contribution is -0.127. The average Bonchev–Trinajstić information content (AvgIpc) is 3.66. The van der Waals surface area contributed by atoms with Crippen molar-refractivity contribution in [2.24, 2.45) is 0 Å². The zero-order valence-electron chi connectivity index (χ0n) is 45.0. The van der Waals surface area contributed by atoms with Gasteiger partial charge in [0.2, 0.25) is 0 Å². The number of benzene rings is 4. The number of aromatic carboxylic acids is 1. The van der Waals surface area contributed by atoms with Crippen LogP contribution in [0.4, 0.5) is 0 Å². The SMILES string of the molecule is CO.COC(=O)c1c(C)c(C)c(C)c(C)c1C(=O)Cl.COC(=O)c1c(C)c(C)c(C)c(C)c1C(=O)O.COC(=O)c1c(C)c(C)c(C)c(C)c1CO.Cc1c(C)c(C)c2c(c1C)C(=O)OC2=O.O=C(Cl)C(=O)Cl. The van der Waals surface area contributed by atoms with Crippen molar-refractivity contribution in [2.75, 3.05) is 28.4 Å². The Morgan fingerprint density at radius 3 is 0.918 bits per heavy atom. The van der Waals surface area contributed by atoms with Gasteiger partial charge in [-0.25, -0.2) is 28.8 Å². The molecular weight excluding hydrogens is 1010 g/mol. The molecule has 0 spiro atoms. The number of rotatable bonds is 7. The Hall–Kier alpha value is -6.30. The lowest BCUT2D eigenvalue weighted by Gasteiger charge is -2.17. The molecule has 398 valence electrons. The van der Waals surface area contributed by atoms with Crippen molar-refractivity contribution in [3.05, 3.63) is 134 Å². The maximum absolute atomic E-state index is 11.7. The Kier molecular flexibility index (Phi) is 26.3. The van der Waals surface area contributed by atoms with Crippen LogP contribution >= 0.6 is 34.8 Å². The number of carbonyl (C=O) groups excluding carboxylic acids is 8. The highest BCUT2D eigenvalue weighted by Gasteiger charge is 2.35. The maximum Gasteiger partial charge on any atom is 0.347 e. The van der Waals surface area contributed by atoms with Crippen LogP contribution in [0.1, 0.15) is 167 Å². The van der Waals surface area contributed by atoms with Gasteiger partial charge in [0.1, 0.15) is 0 Å². The molecule has 0 unspecified atom stereocenters. The molecule has 0 aliphatic carbocycles. The van der Waals surface area contributed by atoms with Gasteiger partial charge in [0.05, 0.1) is 66.9 Å². The van der Waals surface area contributed by atoms with Crippen molar-refractivity contribution >= 4 is 86.3 Å². The number of esters is 5. The first-order valence-electron chi connectivity index (χ1n) is 22.0. The molecule has 0 fully saturated rings. The molecule has 0 saturated heterocycles. The number of methoxy groups -OCH3 is 3. The van der Waals surface area contributed by atoms with E-state index in [2.05, 4.69) is 32.7 Å². The zero-order valence-corrected chi connectivity index (χ0v) is 47.3. The van der Waals surface area contributed by atoms with Gasteiger partial charge in [0.15, 0.2) is 0 Å². The second-order valence-corrected chi connectivity index (χ2v) is 17.6. The van der Waals surface area contributed by atoms with Crippen molar-refractivity contribution in [3.8, 4) is 0 Å². The normalized spacial score (nSPS) is 10.6. The van der Waals surface area contributed by atoms with Crippen LogP contribution < -0.4 is 0 Å². The lowest BCUT2D eigenvalue weighted by Crippen LogP contribution is -2.16. The smallest absolute Gasteiger partial charge is 0.347 e. The number of halogens is 3. The molecular formula is C54H65Cl3O16. The molecule has 0 radical (unpaired) electrons. The third kappa shape index (κ3) is 14.9. The number of carbonyl (C=O) groups is 9. The van der Waals surface area contributed by atoms with Gasteiger partial charge in [-0.05, 0) is 240 Å². The van der Waals surface area contributed by atoms with E-state index in [1.807, 2.05) is 83.1 Å². The summed E-state index contributed by atoms with van der Waals surface area (Å²) in [6.45, 7) is 29.8. The van der Waals surface area contributed by atoms with E-state index < -0.39 is 45.6 Å². The minimum atomic E-state index is -1.14. The van der Waals surface area contributed by atoms with Gasteiger partial charge in [-0.3, -0.25) is 14.4 Å². The summed E-state index contributed by atoms with van der Waals surface area (Å²) in [6.07, 6.45) is 0. The second kappa shape index (κ2) is 28.8. The van der Waals surface area contributed by atoms with Crippen LogP contribution in [0.25, 0.3) is 0 Å². The topological polar surface area (TPSA) is 251 Å². The number of carboxylic acids is 1. The molecule has 5 rings (SSSR count). The van der Waals surface area contributed by atoms with E-state index in [0.29, 0.717) is 33.4 Å². The third-order valence-corrected chi connectivity index (χ3v) is 14.0. The fraction of sp³-hybridized carbons (Fsp3) is 0.389. The zero-order chi connectivity index (χ0) is 57.6. The standard InChI is InChI=1S/C13H15ClO3.C13H16O4.C13H18O3.C12H12O3.C2Cl2O2.CH4O/c2*1-6-7(2)9(4)11(13(16)17-5)10(8(6)3)12(14)15;1-7-8(2)10(4)12(13(15)16-5)11(6-14)9(7)3;1-5-6(2)8(4)10-9(7(5)3)11(13)15-12(10)14;3-1(5)2(4)6;1-2/h1-5H3;1-5H3,(H,14,15);14H,6H2,1-5H3;1-4H3;;2H,1H3. The van der Waals surface area contributed by atoms with E-state index in [9.17, 15) is 53.4 Å². The molecule has 0 bridgehead atoms. The number of aliphatic hydroxyl groups excluding tert-OH is 2. The van der Waals surface area contributed by atoms with E-state index in [1.54, 1.807) is 27.7 Å². The quantitative estimate of drug-likeness (QED) is 0.0512. The number of hydrogen-bond acceptors (Lipinski definition) is 15. The van der Waals surface area contributed by atoms with Gasteiger partial charge in [-0.2, -0.15) is 0 Å². The minimum absolute atomic E-state index is 0.0393. The second-order valence-electron chi connectivity index (χ2n) is 16.5. The largest absolute Gasteiger partial charge is 0.478 e. The van der Waals surface area contributed by atoms with Crippen LogP contribution in [-0.4, -0.2) is 95.3 Å². The summed E-state index contributed by atoms with van der Waals surface area (Å²) in [5, 5.41) is 22.7. The van der Waals surface area contributed by atoms with Gasteiger partial charge in [-0.15, -0.1) is 0 Å². The van der Waals surface area contributed by atoms with Gasteiger partial charge in [0.25, 0.3) is 5.24 Å². The first-order chi connectivity index (χ1) is 33.7. The first kappa shape index (κ1) is 66.7. The number of fused-ring (bicyclic) bond motifs is 1. The minimum Gasteiger partial charge on any atom is -0.478 e. The summed E-state index contributed by atoms with van der Waals surface area (Å²) < 4.78 is 18.7. The van der Waals surface area contributed by atoms with Crippen molar-refractivity contribution in [3.63, 3.8) is 0 Å². The number of cyclic esters (lactones) is 2. The molecule has 4 aromatic rings. The van der Waals surface area contributed by atoms with Crippen LogP contribution in [0, 0.1) is 111 Å². The number of ether oxygens (including phenoxy) is 4. The Morgan fingerprint density at radius 1 is 0.397 bits per heavy atom.